The average molecular weight is 170 g/mol. The maximum absolute atomic E-state index is 10.9. The Kier molecular flexibility index (Phi) is 2.68. The molecule has 1 N–H and O–H groups in total. The van der Waals surface area contributed by atoms with Gasteiger partial charge in [-0.3, -0.25) is 9.59 Å². The van der Waals surface area contributed by atoms with Crippen molar-refractivity contribution >= 4 is 11.8 Å². The molecule has 0 spiro atoms. The molecular weight excluding hydrogens is 156 g/mol. The van der Waals surface area contributed by atoms with E-state index in [1.807, 2.05) is 6.92 Å². The van der Waals surface area contributed by atoms with Crippen LogP contribution in [0.3, 0.4) is 0 Å². The van der Waals surface area contributed by atoms with E-state index in [2.05, 4.69) is 5.32 Å². The molecule has 0 aromatic rings. The number of nitrogens with one attached hydrogen (secondary N) is 1. The average Bonchev–Trinajstić information content (AvgIpc) is 1.94. The fourth-order valence-corrected chi connectivity index (χ4v) is 1.16. The second-order valence-corrected chi connectivity index (χ2v) is 3.04. The van der Waals surface area contributed by atoms with Gasteiger partial charge in [-0.2, -0.15) is 0 Å². The van der Waals surface area contributed by atoms with Crippen molar-refractivity contribution < 1.29 is 9.59 Å². The monoisotopic (exact) mass is 170 g/mol. The van der Waals surface area contributed by atoms with Crippen molar-refractivity contribution in [2.45, 2.75) is 26.3 Å². The maximum atomic E-state index is 10.9. The van der Waals surface area contributed by atoms with Crippen LogP contribution in [0.2, 0.25) is 0 Å². The fraction of sp³-hybridized carbons (Fsp3) is 0.750. The van der Waals surface area contributed by atoms with Crippen LogP contribution in [0.1, 0.15) is 20.3 Å². The molecule has 1 aliphatic heterocycles. The first-order chi connectivity index (χ1) is 5.63. The predicted octanol–water partition coefficient (Wildman–Crippen LogP) is -0.257. The Hall–Kier alpha value is -1.06. The molecule has 0 bridgehead atoms. The summed E-state index contributed by atoms with van der Waals surface area (Å²) in [5, 5.41) is 2.82. The zero-order valence-electron chi connectivity index (χ0n) is 7.46. The molecule has 0 aromatic heterocycles. The molecule has 4 nitrogen and oxygen atoms in total. The number of amides is 2. The summed E-state index contributed by atoms with van der Waals surface area (Å²) in [6, 6.07) is 0.182. The van der Waals surface area contributed by atoms with Crippen LogP contribution in [0.15, 0.2) is 0 Å². The van der Waals surface area contributed by atoms with Crippen LogP contribution >= 0.6 is 0 Å². The normalized spacial score (nSPS) is 17.0. The number of nitrogens with zero attached hydrogens (tertiary/aromatic N) is 1. The van der Waals surface area contributed by atoms with Crippen LogP contribution in [-0.2, 0) is 9.59 Å². The molecule has 1 fully saturated rings. The van der Waals surface area contributed by atoms with Crippen molar-refractivity contribution in [2.75, 3.05) is 13.1 Å². The van der Waals surface area contributed by atoms with Crippen LogP contribution in [0.25, 0.3) is 0 Å². The van der Waals surface area contributed by atoms with Gasteiger partial charge in [0.25, 0.3) is 0 Å². The minimum Gasteiger partial charge on any atom is -0.350 e. The number of carbonyl (C=O) groups is 2. The Balaban J connectivity index is 2.17. The Bertz CT molecular complexity index is 197. The summed E-state index contributed by atoms with van der Waals surface area (Å²) in [5.74, 6) is 0.139. The van der Waals surface area contributed by atoms with E-state index in [4.69, 9.17) is 0 Å². The van der Waals surface area contributed by atoms with Crippen molar-refractivity contribution in [3.8, 4) is 0 Å². The maximum Gasteiger partial charge on any atom is 0.220 e. The summed E-state index contributed by atoms with van der Waals surface area (Å²) in [4.78, 5) is 23.3. The molecule has 0 saturated carbocycles. The van der Waals surface area contributed by atoms with Gasteiger partial charge in [0, 0.05) is 26.4 Å². The van der Waals surface area contributed by atoms with Crippen molar-refractivity contribution in [3.63, 3.8) is 0 Å². The van der Waals surface area contributed by atoms with Gasteiger partial charge in [-0.25, -0.2) is 0 Å². The van der Waals surface area contributed by atoms with Crippen LogP contribution in [0.4, 0.5) is 0 Å². The highest BCUT2D eigenvalue weighted by molar-refractivity contribution is 5.77. The van der Waals surface area contributed by atoms with Crippen molar-refractivity contribution in [1.29, 1.82) is 0 Å². The van der Waals surface area contributed by atoms with Gasteiger partial charge in [0.05, 0.1) is 6.04 Å². The van der Waals surface area contributed by atoms with Gasteiger partial charge in [0.1, 0.15) is 0 Å². The largest absolute Gasteiger partial charge is 0.350 e. The van der Waals surface area contributed by atoms with E-state index in [-0.39, 0.29) is 17.9 Å². The summed E-state index contributed by atoms with van der Waals surface area (Å²) >= 11 is 0. The van der Waals surface area contributed by atoms with E-state index >= 15 is 0 Å². The molecule has 1 heterocycles. The molecule has 4 heteroatoms. The number of hydrogen-bond donors (Lipinski definition) is 1. The van der Waals surface area contributed by atoms with Gasteiger partial charge in [0.2, 0.25) is 11.8 Å². The number of hydrogen-bond acceptors (Lipinski definition) is 2. The third-order valence-corrected chi connectivity index (χ3v) is 2.01. The first-order valence-corrected chi connectivity index (χ1v) is 4.18. The van der Waals surface area contributed by atoms with Crippen LogP contribution < -0.4 is 5.32 Å². The number of carbonyl (C=O) groups excluding carboxylic acids is 2. The van der Waals surface area contributed by atoms with Gasteiger partial charge in [-0.15, -0.1) is 0 Å². The first-order valence-electron chi connectivity index (χ1n) is 4.18. The standard InChI is InChI=1S/C8H14N2O2/c1-3-8(12)9-7-4-10(5-7)6(2)11/h7H,3-5H2,1-2H3,(H,9,12). The summed E-state index contributed by atoms with van der Waals surface area (Å²) in [6.45, 7) is 4.69. The lowest BCUT2D eigenvalue weighted by molar-refractivity contribution is -0.135. The molecule has 2 amide bonds. The number of rotatable bonds is 2. The summed E-state index contributed by atoms with van der Waals surface area (Å²) in [5.41, 5.74) is 0. The van der Waals surface area contributed by atoms with Crippen LogP contribution in [-0.4, -0.2) is 35.8 Å². The molecule has 1 rings (SSSR count). The molecule has 12 heavy (non-hydrogen) atoms. The second kappa shape index (κ2) is 3.56. The molecule has 1 saturated heterocycles. The van der Waals surface area contributed by atoms with E-state index in [0.717, 1.165) is 0 Å². The zero-order valence-corrected chi connectivity index (χ0v) is 7.46. The molecular formula is C8H14N2O2. The summed E-state index contributed by atoms with van der Waals surface area (Å²) in [6.07, 6.45) is 0.510. The third-order valence-electron chi connectivity index (χ3n) is 2.01. The SMILES string of the molecule is CCC(=O)NC1CN(C(C)=O)C1. The van der Waals surface area contributed by atoms with Crippen LogP contribution in [0, 0.1) is 0 Å². The highest BCUT2D eigenvalue weighted by Gasteiger charge is 2.28. The Labute approximate surface area is 71.9 Å². The highest BCUT2D eigenvalue weighted by atomic mass is 16.2. The topological polar surface area (TPSA) is 49.4 Å². The van der Waals surface area contributed by atoms with Crippen molar-refractivity contribution in [3.05, 3.63) is 0 Å². The Morgan fingerprint density at radius 3 is 2.50 bits per heavy atom. The molecule has 1 aliphatic rings. The predicted molar refractivity (Wildman–Crippen MR) is 44.5 cm³/mol. The second-order valence-electron chi connectivity index (χ2n) is 3.04. The minimum absolute atomic E-state index is 0.0585. The lowest BCUT2D eigenvalue weighted by Gasteiger charge is -2.38. The minimum atomic E-state index is 0.0585. The molecule has 0 aliphatic carbocycles. The third kappa shape index (κ3) is 1.96. The molecule has 0 atom stereocenters. The smallest absolute Gasteiger partial charge is 0.220 e. The van der Waals surface area contributed by atoms with E-state index in [9.17, 15) is 9.59 Å². The van der Waals surface area contributed by atoms with E-state index in [1.165, 1.54) is 6.92 Å². The lowest BCUT2D eigenvalue weighted by atomic mass is 10.1. The highest BCUT2D eigenvalue weighted by Crippen LogP contribution is 2.07. The lowest BCUT2D eigenvalue weighted by Crippen LogP contribution is -2.60. The van der Waals surface area contributed by atoms with Crippen molar-refractivity contribution in [1.82, 2.24) is 10.2 Å². The quantitative estimate of drug-likeness (QED) is 0.621. The van der Waals surface area contributed by atoms with Gasteiger partial charge >= 0.3 is 0 Å². The van der Waals surface area contributed by atoms with Crippen molar-refractivity contribution in [2.24, 2.45) is 0 Å². The van der Waals surface area contributed by atoms with Gasteiger partial charge in [-0.1, -0.05) is 6.92 Å². The molecule has 68 valence electrons. The molecule has 0 unspecified atom stereocenters. The zero-order chi connectivity index (χ0) is 9.14. The van der Waals surface area contributed by atoms with Gasteiger partial charge in [-0.05, 0) is 0 Å². The first kappa shape index (κ1) is 9.03. The van der Waals surface area contributed by atoms with Gasteiger partial charge < -0.3 is 10.2 Å². The molecule has 0 aromatic carbocycles. The van der Waals surface area contributed by atoms with E-state index in [0.29, 0.717) is 19.5 Å². The Morgan fingerprint density at radius 2 is 2.08 bits per heavy atom. The van der Waals surface area contributed by atoms with Crippen LogP contribution in [0.5, 0.6) is 0 Å². The summed E-state index contributed by atoms with van der Waals surface area (Å²) in [7, 11) is 0. The fourth-order valence-electron chi connectivity index (χ4n) is 1.16. The van der Waals surface area contributed by atoms with E-state index in [1.54, 1.807) is 4.90 Å². The summed E-state index contributed by atoms with van der Waals surface area (Å²) < 4.78 is 0. The van der Waals surface area contributed by atoms with E-state index < -0.39 is 0 Å². The molecule has 0 radical (unpaired) electrons. The van der Waals surface area contributed by atoms with Gasteiger partial charge in [0.15, 0.2) is 0 Å². The number of likely N-dealkylation sites (tertiary alicyclic amines) is 1. The Morgan fingerprint density at radius 1 is 1.50 bits per heavy atom.